The molecule has 6 heteroatoms. The quantitative estimate of drug-likeness (QED) is 0.296. The summed E-state index contributed by atoms with van der Waals surface area (Å²) in [7, 11) is 0. The molecule has 0 heterocycles. The summed E-state index contributed by atoms with van der Waals surface area (Å²) >= 11 is 0. The molecule has 4 nitrogen and oxygen atoms in total. The van der Waals surface area contributed by atoms with E-state index in [-0.39, 0.29) is 73.8 Å². The van der Waals surface area contributed by atoms with Crippen LogP contribution in [0, 0.1) is 15.3 Å². The first kappa shape index (κ1) is 15.6. The minimum absolute atomic E-state index is 0. The topological polar surface area (TPSA) is 66.2 Å². The Morgan fingerprint density at radius 1 is 1.33 bits per heavy atom. The maximum atomic E-state index is 8.25. The predicted octanol–water partition coefficient (Wildman–Crippen LogP) is -0.890. The van der Waals surface area contributed by atoms with Crippen molar-refractivity contribution >= 4 is 51.4 Å². The summed E-state index contributed by atoms with van der Waals surface area (Å²) in [5.41, 5.74) is 0. The molecule has 0 saturated heterocycles. The number of rotatable bonds is 0. The molecule has 0 aliphatic heterocycles. The maximum absolute atomic E-state index is 8.25. The van der Waals surface area contributed by atoms with Crippen LogP contribution in [-0.2, 0) is 22.4 Å². The van der Waals surface area contributed by atoms with Crippen molar-refractivity contribution in [1.29, 1.82) is 0 Å². The molecular formula is HAgKNO3. The second-order valence-corrected chi connectivity index (χ2v) is 0.224. The van der Waals surface area contributed by atoms with E-state index in [0.717, 1.165) is 0 Å². The van der Waals surface area contributed by atoms with Crippen molar-refractivity contribution in [2.75, 3.05) is 0 Å². The van der Waals surface area contributed by atoms with E-state index in [2.05, 4.69) is 0 Å². The SMILES string of the molecule is O=[N+]([O-])[O-].[Ag+].[KH]. The molecule has 6 heavy (non-hydrogen) atoms. The summed E-state index contributed by atoms with van der Waals surface area (Å²) in [5.74, 6) is 0. The summed E-state index contributed by atoms with van der Waals surface area (Å²) < 4.78 is 0. The Morgan fingerprint density at radius 3 is 1.33 bits per heavy atom. The van der Waals surface area contributed by atoms with Gasteiger partial charge in [-0.2, -0.15) is 0 Å². The molecule has 0 N–H and O–H groups in total. The summed E-state index contributed by atoms with van der Waals surface area (Å²) in [6, 6.07) is 0. The first-order chi connectivity index (χ1) is 1.73. The van der Waals surface area contributed by atoms with Crippen molar-refractivity contribution in [1.82, 2.24) is 0 Å². The Hall–Kier alpha value is 1.58. The van der Waals surface area contributed by atoms with Crippen LogP contribution >= 0.6 is 0 Å². The minimum atomic E-state index is -1.75. The van der Waals surface area contributed by atoms with Crippen LogP contribution in [0.2, 0.25) is 0 Å². The third kappa shape index (κ3) is 47.0. The van der Waals surface area contributed by atoms with E-state index < -0.39 is 5.09 Å². The molecule has 0 rings (SSSR count). The third-order valence-electron chi connectivity index (χ3n) is 0. The first-order valence-electron chi connectivity index (χ1n) is 0.548. The van der Waals surface area contributed by atoms with E-state index in [1.807, 2.05) is 0 Å². The molecule has 0 amide bonds. The van der Waals surface area contributed by atoms with E-state index in [9.17, 15) is 0 Å². The van der Waals surface area contributed by atoms with E-state index >= 15 is 0 Å². The van der Waals surface area contributed by atoms with Gasteiger partial charge in [0.2, 0.25) is 0 Å². The molecule has 0 aromatic heterocycles. The molecule has 0 fully saturated rings. The van der Waals surface area contributed by atoms with E-state index in [1.165, 1.54) is 0 Å². The third-order valence-corrected chi connectivity index (χ3v) is 0. The molecule has 0 aromatic carbocycles. The van der Waals surface area contributed by atoms with Crippen LogP contribution in [0.3, 0.4) is 0 Å². The van der Waals surface area contributed by atoms with Gasteiger partial charge < -0.3 is 15.3 Å². The molecule has 36 valence electrons. The van der Waals surface area contributed by atoms with Crippen LogP contribution in [0.15, 0.2) is 0 Å². The number of nitrogens with zero attached hydrogens (tertiary/aromatic N) is 1. The molecule has 0 spiro atoms. The van der Waals surface area contributed by atoms with Gasteiger partial charge in [0, 0.05) is 0 Å². The summed E-state index contributed by atoms with van der Waals surface area (Å²) in [4.78, 5) is 8.25. The van der Waals surface area contributed by atoms with Crippen molar-refractivity contribution in [3.05, 3.63) is 15.3 Å². The summed E-state index contributed by atoms with van der Waals surface area (Å²) in [6.07, 6.45) is 0. The van der Waals surface area contributed by atoms with Gasteiger partial charge in [-0.15, -0.1) is 0 Å². The monoisotopic (exact) mass is 209 g/mol. The summed E-state index contributed by atoms with van der Waals surface area (Å²) in [5, 5.41) is 14.8. The van der Waals surface area contributed by atoms with Crippen molar-refractivity contribution in [2.24, 2.45) is 0 Å². The van der Waals surface area contributed by atoms with Crippen LogP contribution in [0.4, 0.5) is 0 Å². The van der Waals surface area contributed by atoms with E-state index in [0.29, 0.717) is 0 Å². The Bertz CT molecular complexity index is 33.8. The second-order valence-electron chi connectivity index (χ2n) is 0.224. The van der Waals surface area contributed by atoms with Gasteiger partial charge in [-0.3, -0.25) is 0 Å². The molecule has 0 radical (unpaired) electrons. The summed E-state index contributed by atoms with van der Waals surface area (Å²) in [6.45, 7) is 0. The average Bonchev–Trinajstić information content (AvgIpc) is 0.811. The molecule has 0 bridgehead atoms. The van der Waals surface area contributed by atoms with Crippen molar-refractivity contribution in [3.8, 4) is 0 Å². The standard InChI is InChI=1S/Ag.K.NO3.H/c;;2-1(3)4;/q+1;;-1;. The molecule has 0 unspecified atom stereocenters. The van der Waals surface area contributed by atoms with Crippen molar-refractivity contribution in [2.45, 2.75) is 0 Å². The zero-order valence-electron chi connectivity index (χ0n) is 1.97. The van der Waals surface area contributed by atoms with Crippen LogP contribution in [0.5, 0.6) is 0 Å². The first-order valence-corrected chi connectivity index (χ1v) is 0.548. The molecule has 0 aromatic rings. The molecule has 0 aliphatic rings. The van der Waals surface area contributed by atoms with Gasteiger partial charge in [0.1, 0.15) is 0 Å². The van der Waals surface area contributed by atoms with Gasteiger partial charge in [0.15, 0.2) is 0 Å². The molecule has 0 aliphatic carbocycles. The van der Waals surface area contributed by atoms with Gasteiger partial charge >= 0.3 is 73.8 Å². The Kier molecular flexibility index (Phi) is 25.5. The van der Waals surface area contributed by atoms with Crippen molar-refractivity contribution in [3.63, 3.8) is 0 Å². The van der Waals surface area contributed by atoms with Gasteiger partial charge in [0.25, 0.3) is 0 Å². The van der Waals surface area contributed by atoms with E-state index in [4.69, 9.17) is 15.3 Å². The van der Waals surface area contributed by atoms with Gasteiger partial charge in [0.05, 0.1) is 5.09 Å². The Balaban J connectivity index is -0.0000000450. The predicted molar refractivity (Wildman–Crippen MR) is 17.5 cm³/mol. The number of hydrogen-bond acceptors (Lipinski definition) is 3. The van der Waals surface area contributed by atoms with Crippen LogP contribution in [0.25, 0.3) is 0 Å². The van der Waals surface area contributed by atoms with Crippen LogP contribution in [0.1, 0.15) is 0 Å². The normalized spacial score (nSPS) is 4.00. The number of hydrogen-bond donors (Lipinski definition) is 0. The zero-order valence-corrected chi connectivity index (χ0v) is 3.46. The van der Waals surface area contributed by atoms with Gasteiger partial charge in [-0.05, 0) is 0 Å². The molecule has 0 atom stereocenters. The molecule has 0 saturated carbocycles. The van der Waals surface area contributed by atoms with Crippen LogP contribution in [-0.4, -0.2) is 56.5 Å². The molecular weight excluding hydrogens is 209 g/mol. The van der Waals surface area contributed by atoms with Gasteiger partial charge in [-0.1, -0.05) is 0 Å². The van der Waals surface area contributed by atoms with Gasteiger partial charge in [-0.25, -0.2) is 0 Å². The fraction of sp³-hybridized carbons (Fsp3) is 0. The van der Waals surface area contributed by atoms with Crippen LogP contribution < -0.4 is 0 Å². The fourth-order valence-electron chi connectivity index (χ4n) is 0. The van der Waals surface area contributed by atoms with Crippen molar-refractivity contribution < 1.29 is 27.5 Å². The average molecular weight is 210 g/mol. The fourth-order valence-corrected chi connectivity index (χ4v) is 0. The van der Waals surface area contributed by atoms with E-state index in [1.54, 1.807) is 0 Å². The Labute approximate surface area is 92.3 Å². The zero-order chi connectivity index (χ0) is 3.58. The Morgan fingerprint density at radius 2 is 1.33 bits per heavy atom. The second kappa shape index (κ2) is 9.76.